The highest BCUT2D eigenvalue weighted by Gasteiger charge is 2.48. The van der Waals surface area contributed by atoms with Gasteiger partial charge in [0.1, 0.15) is 24.1 Å². The van der Waals surface area contributed by atoms with E-state index in [9.17, 15) is 9.90 Å². The van der Waals surface area contributed by atoms with Crippen molar-refractivity contribution in [1.82, 2.24) is 0 Å². The molecule has 0 amide bonds. The molecule has 0 aliphatic carbocycles. The number of benzene rings is 1. The number of aliphatic hydroxyl groups excluding tert-OH is 1. The van der Waals surface area contributed by atoms with Crippen molar-refractivity contribution >= 4 is 12.0 Å². The van der Waals surface area contributed by atoms with E-state index < -0.39 is 24.3 Å². The summed E-state index contributed by atoms with van der Waals surface area (Å²) in [6.07, 6.45) is 1.12. The number of carbonyl (C=O) groups excluding carboxylic acids is 1. The molecule has 0 spiro atoms. The summed E-state index contributed by atoms with van der Waals surface area (Å²) in [5.74, 6) is 0.292. The molecule has 2 fully saturated rings. The standard InChI is InChI=1S/C16H18O6/c1-19-11-5-2-10(3-6-11)4-7-14(18)22-13-9-21-15-12(17)8-20-16(13)15/h2-7,12-13,15-17H,8-9H2,1H3/t12-,13+,15?,16?/m1/s1. The Hall–Kier alpha value is -1.89. The van der Waals surface area contributed by atoms with Crippen molar-refractivity contribution in [3.8, 4) is 5.75 Å². The molecule has 2 saturated heterocycles. The molecule has 0 saturated carbocycles. The van der Waals surface area contributed by atoms with Gasteiger partial charge in [-0.25, -0.2) is 4.79 Å². The number of hydrogen-bond donors (Lipinski definition) is 1. The van der Waals surface area contributed by atoms with Crippen molar-refractivity contribution in [2.75, 3.05) is 20.3 Å². The van der Waals surface area contributed by atoms with Crippen LogP contribution in [0.25, 0.3) is 6.08 Å². The summed E-state index contributed by atoms with van der Waals surface area (Å²) in [5.41, 5.74) is 0.867. The van der Waals surface area contributed by atoms with Gasteiger partial charge in [-0.15, -0.1) is 0 Å². The van der Waals surface area contributed by atoms with Crippen LogP contribution < -0.4 is 4.74 Å². The minimum Gasteiger partial charge on any atom is -0.497 e. The van der Waals surface area contributed by atoms with Gasteiger partial charge in [0, 0.05) is 6.08 Å². The van der Waals surface area contributed by atoms with Gasteiger partial charge in [0.15, 0.2) is 6.10 Å². The molecule has 1 aromatic rings. The second kappa shape index (κ2) is 6.48. The smallest absolute Gasteiger partial charge is 0.331 e. The van der Waals surface area contributed by atoms with Gasteiger partial charge in [-0.3, -0.25) is 0 Å². The fraction of sp³-hybridized carbons (Fsp3) is 0.438. The van der Waals surface area contributed by atoms with E-state index in [-0.39, 0.29) is 19.3 Å². The Kier molecular flexibility index (Phi) is 4.42. The molecule has 2 aliphatic heterocycles. The lowest BCUT2D eigenvalue weighted by Gasteiger charge is -2.15. The largest absolute Gasteiger partial charge is 0.497 e. The number of fused-ring (bicyclic) bond motifs is 1. The number of esters is 1. The first-order valence-corrected chi connectivity index (χ1v) is 7.11. The average Bonchev–Trinajstić information content (AvgIpc) is 3.10. The number of methoxy groups -OCH3 is 1. The lowest BCUT2D eigenvalue weighted by molar-refractivity contribution is -0.147. The molecule has 4 atom stereocenters. The zero-order valence-electron chi connectivity index (χ0n) is 12.2. The Labute approximate surface area is 128 Å². The molecular weight excluding hydrogens is 288 g/mol. The van der Waals surface area contributed by atoms with Crippen molar-refractivity contribution in [3.05, 3.63) is 35.9 Å². The topological polar surface area (TPSA) is 74.2 Å². The van der Waals surface area contributed by atoms with Crippen molar-refractivity contribution in [1.29, 1.82) is 0 Å². The highest BCUT2D eigenvalue weighted by atomic mass is 16.6. The molecule has 2 heterocycles. The molecule has 3 rings (SSSR count). The fourth-order valence-electron chi connectivity index (χ4n) is 2.61. The van der Waals surface area contributed by atoms with Crippen LogP contribution in [0.15, 0.2) is 30.3 Å². The summed E-state index contributed by atoms with van der Waals surface area (Å²) in [4.78, 5) is 11.9. The normalized spacial score (nSPS) is 30.5. The van der Waals surface area contributed by atoms with Crippen molar-refractivity contribution in [3.63, 3.8) is 0 Å². The number of ether oxygens (including phenoxy) is 4. The van der Waals surface area contributed by atoms with Gasteiger partial charge in [0.2, 0.25) is 0 Å². The second-order valence-corrected chi connectivity index (χ2v) is 5.25. The van der Waals surface area contributed by atoms with E-state index in [1.54, 1.807) is 13.2 Å². The summed E-state index contributed by atoms with van der Waals surface area (Å²) >= 11 is 0. The lowest BCUT2D eigenvalue weighted by Crippen LogP contribution is -2.33. The van der Waals surface area contributed by atoms with E-state index in [4.69, 9.17) is 18.9 Å². The molecule has 0 bridgehead atoms. The molecule has 2 unspecified atom stereocenters. The van der Waals surface area contributed by atoms with E-state index in [2.05, 4.69) is 0 Å². The number of rotatable bonds is 4. The van der Waals surface area contributed by atoms with Gasteiger partial charge in [-0.05, 0) is 23.8 Å². The first-order valence-electron chi connectivity index (χ1n) is 7.11. The van der Waals surface area contributed by atoms with Crippen molar-refractivity contribution < 1.29 is 28.8 Å². The quantitative estimate of drug-likeness (QED) is 0.654. The zero-order valence-corrected chi connectivity index (χ0v) is 12.2. The lowest BCUT2D eigenvalue weighted by atomic mass is 10.1. The summed E-state index contributed by atoms with van der Waals surface area (Å²) < 4.78 is 21.2. The molecule has 1 N–H and O–H groups in total. The average molecular weight is 306 g/mol. The van der Waals surface area contributed by atoms with Gasteiger partial charge >= 0.3 is 5.97 Å². The van der Waals surface area contributed by atoms with E-state index in [1.807, 2.05) is 24.3 Å². The van der Waals surface area contributed by atoms with Gasteiger partial charge < -0.3 is 24.1 Å². The molecule has 6 nitrogen and oxygen atoms in total. The molecule has 0 radical (unpaired) electrons. The first-order chi connectivity index (χ1) is 10.7. The summed E-state index contributed by atoms with van der Waals surface area (Å²) in [6.45, 7) is 0.458. The van der Waals surface area contributed by atoms with E-state index in [0.717, 1.165) is 11.3 Å². The van der Waals surface area contributed by atoms with Crippen LogP contribution >= 0.6 is 0 Å². The monoisotopic (exact) mass is 306 g/mol. The van der Waals surface area contributed by atoms with Crippen molar-refractivity contribution in [2.45, 2.75) is 24.4 Å². The van der Waals surface area contributed by atoms with Crippen LogP contribution in [0, 0.1) is 0 Å². The van der Waals surface area contributed by atoms with Crippen LogP contribution in [0.2, 0.25) is 0 Å². The fourth-order valence-corrected chi connectivity index (χ4v) is 2.61. The number of hydrogen-bond acceptors (Lipinski definition) is 6. The summed E-state index contributed by atoms with van der Waals surface area (Å²) in [6, 6.07) is 7.31. The summed E-state index contributed by atoms with van der Waals surface area (Å²) in [5, 5.41) is 9.63. The van der Waals surface area contributed by atoms with E-state index in [1.165, 1.54) is 6.08 Å². The second-order valence-electron chi connectivity index (χ2n) is 5.25. The Morgan fingerprint density at radius 2 is 1.95 bits per heavy atom. The Morgan fingerprint density at radius 3 is 2.68 bits per heavy atom. The van der Waals surface area contributed by atoms with Crippen LogP contribution in [-0.4, -0.2) is 55.8 Å². The molecule has 118 valence electrons. The van der Waals surface area contributed by atoms with Crippen LogP contribution in [0.5, 0.6) is 5.75 Å². The third-order valence-corrected chi connectivity index (χ3v) is 3.78. The predicted molar refractivity (Wildman–Crippen MR) is 77.4 cm³/mol. The van der Waals surface area contributed by atoms with E-state index >= 15 is 0 Å². The number of carbonyl (C=O) groups is 1. The zero-order chi connectivity index (χ0) is 15.5. The van der Waals surface area contributed by atoms with Gasteiger partial charge in [0.25, 0.3) is 0 Å². The van der Waals surface area contributed by atoms with Gasteiger partial charge in [-0.1, -0.05) is 12.1 Å². The first kappa shape index (κ1) is 15.0. The van der Waals surface area contributed by atoms with Gasteiger partial charge in [-0.2, -0.15) is 0 Å². The summed E-state index contributed by atoms with van der Waals surface area (Å²) in [7, 11) is 1.60. The van der Waals surface area contributed by atoms with Crippen LogP contribution in [0.3, 0.4) is 0 Å². The third-order valence-electron chi connectivity index (χ3n) is 3.78. The third kappa shape index (κ3) is 3.14. The van der Waals surface area contributed by atoms with Crippen molar-refractivity contribution in [2.24, 2.45) is 0 Å². The van der Waals surface area contributed by atoms with Crippen LogP contribution in [0.4, 0.5) is 0 Å². The SMILES string of the molecule is COc1ccc(C=CC(=O)O[C@H]2COC3C2OC[C@H]3O)cc1. The minimum absolute atomic E-state index is 0.213. The Morgan fingerprint density at radius 1 is 1.23 bits per heavy atom. The minimum atomic E-state index is -0.649. The highest BCUT2D eigenvalue weighted by molar-refractivity contribution is 5.87. The molecule has 6 heteroatoms. The molecule has 1 aromatic carbocycles. The van der Waals surface area contributed by atoms with Crippen LogP contribution in [0.1, 0.15) is 5.56 Å². The Balaban J connectivity index is 1.55. The number of aliphatic hydroxyl groups is 1. The van der Waals surface area contributed by atoms with Gasteiger partial charge in [0.05, 0.1) is 20.3 Å². The highest BCUT2D eigenvalue weighted by Crippen LogP contribution is 2.28. The molecule has 2 aliphatic rings. The van der Waals surface area contributed by atoms with E-state index in [0.29, 0.717) is 0 Å². The Bertz CT molecular complexity index is 552. The maximum absolute atomic E-state index is 11.9. The predicted octanol–water partition coefficient (Wildman–Crippen LogP) is 0.779. The molecular formula is C16H18O6. The van der Waals surface area contributed by atoms with Crippen LogP contribution in [-0.2, 0) is 19.0 Å². The molecule has 22 heavy (non-hydrogen) atoms. The maximum atomic E-state index is 11.9. The maximum Gasteiger partial charge on any atom is 0.331 e. The molecule has 0 aromatic heterocycles.